The summed E-state index contributed by atoms with van der Waals surface area (Å²) in [6, 6.07) is 4.15. The van der Waals surface area contributed by atoms with Crippen LogP contribution in [-0.2, 0) is 22.4 Å². The minimum Gasteiger partial charge on any atom is -0.444 e. The molecule has 20 heavy (non-hydrogen) atoms. The molecule has 0 radical (unpaired) electrons. The fraction of sp³-hybridized carbons (Fsp3) is 0.250. The maximum atomic E-state index is 12.5. The van der Waals surface area contributed by atoms with Gasteiger partial charge in [0.25, 0.3) is 5.56 Å². The number of hydrogen-bond acceptors (Lipinski definition) is 4. The topological polar surface area (TPSA) is 61.2 Å². The van der Waals surface area contributed by atoms with Gasteiger partial charge in [0.05, 0.1) is 11.0 Å². The van der Waals surface area contributed by atoms with E-state index in [-0.39, 0.29) is 17.8 Å². The van der Waals surface area contributed by atoms with Gasteiger partial charge in [-0.05, 0) is 18.2 Å². The van der Waals surface area contributed by atoms with Gasteiger partial charge in [-0.3, -0.25) is 14.2 Å². The van der Waals surface area contributed by atoms with Crippen LogP contribution in [0.5, 0.6) is 0 Å². The number of rotatable bonds is 2. The lowest BCUT2D eigenvalue weighted by Gasteiger charge is -2.11. The smallest absolute Gasteiger partial charge is 0.433 e. The minimum absolute atomic E-state index is 0.00780. The van der Waals surface area contributed by atoms with Crippen LogP contribution in [0.25, 0.3) is 11.0 Å². The SMILES string of the molecule is CC(=O)OCn1c(=O)ccc2nc(C(F)(F)F)ccc21. The normalized spacial score (nSPS) is 11.6. The monoisotopic (exact) mass is 286 g/mol. The van der Waals surface area contributed by atoms with E-state index in [1.54, 1.807) is 0 Å². The molecule has 2 aromatic heterocycles. The molecule has 0 saturated heterocycles. The highest BCUT2D eigenvalue weighted by Gasteiger charge is 2.32. The Morgan fingerprint density at radius 2 is 2.00 bits per heavy atom. The molecule has 0 fully saturated rings. The molecule has 0 amide bonds. The lowest BCUT2D eigenvalue weighted by molar-refractivity contribution is -0.144. The molecule has 0 aliphatic heterocycles. The molecule has 0 atom stereocenters. The van der Waals surface area contributed by atoms with E-state index in [9.17, 15) is 22.8 Å². The molecule has 0 unspecified atom stereocenters. The molecule has 2 heterocycles. The van der Waals surface area contributed by atoms with E-state index in [1.807, 2.05) is 0 Å². The Morgan fingerprint density at radius 3 is 2.60 bits per heavy atom. The highest BCUT2D eigenvalue weighted by molar-refractivity contribution is 5.74. The third kappa shape index (κ3) is 2.79. The van der Waals surface area contributed by atoms with Crippen molar-refractivity contribution in [1.29, 1.82) is 0 Å². The molecule has 8 heteroatoms. The van der Waals surface area contributed by atoms with E-state index in [2.05, 4.69) is 9.72 Å². The molecule has 0 bridgehead atoms. The van der Waals surface area contributed by atoms with Crippen molar-refractivity contribution in [3.05, 3.63) is 40.3 Å². The Bertz CT molecular complexity index is 722. The summed E-state index contributed by atoms with van der Waals surface area (Å²) in [5, 5.41) is 0. The number of halogens is 3. The van der Waals surface area contributed by atoms with Crippen LogP contribution in [0.1, 0.15) is 12.6 Å². The molecular formula is C12H9F3N2O3. The Hall–Kier alpha value is -2.38. The molecule has 0 saturated carbocycles. The van der Waals surface area contributed by atoms with Gasteiger partial charge in [-0.1, -0.05) is 0 Å². The number of aromatic nitrogens is 2. The Morgan fingerprint density at radius 1 is 1.30 bits per heavy atom. The number of carbonyl (C=O) groups excluding carboxylic acids is 1. The fourth-order valence-corrected chi connectivity index (χ4v) is 1.62. The number of alkyl halides is 3. The molecule has 0 N–H and O–H groups in total. The van der Waals surface area contributed by atoms with Crippen LogP contribution in [0.15, 0.2) is 29.1 Å². The molecule has 2 rings (SSSR count). The first-order valence-electron chi connectivity index (χ1n) is 5.50. The van der Waals surface area contributed by atoms with E-state index in [0.717, 1.165) is 29.7 Å². The van der Waals surface area contributed by atoms with Crippen LogP contribution in [-0.4, -0.2) is 15.5 Å². The van der Waals surface area contributed by atoms with Crippen molar-refractivity contribution in [2.75, 3.05) is 0 Å². The average molecular weight is 286 g/mol. The summed E-state index contributed by atoms with van der Waals surface area (Å²) in [6.07, 6.45) is -4.56. The van der Waals surface area contributed by atoms with E-state index in [4.69, 9.17) is 0 Å². The van der Waals surface area contributed by atoms with Crippen molar-refractivity contribution in [3.8, 4) is 0 Å². The quantitative estimate of drug-likeness (QED) is 0.791. The first-order chi connectivity index (χ1) is 9.29. The van der Waals surface area contributed by atoms with Gasteiger partial charge in [-0.15, -0.1) is 0 Å². The lowest BCUT2D eigenvalue weighted by Crippen LogP contribution is -2.22. The number of carbonyl (C=O) groups is 1. The maximum Gasteiger partial charge on any atom is 0.433 e. The number of esters is 1. The summed E-state index contributed by atoms with van der Waals surface area (Å²) in [5.41, 5.74) is -1.40. The number of ether oxygens (including phenoxy) is 1. The van der Waals surface area contributed by atoms with Crippen LogP contribution >= 0.6 is 0 Å². The molecule has 0 aliphatic carbocycles. The molecule has 0 aliphatic rings. The molecular weight excluding hydrogens is 277 g/mol. The van der Waals surface area contributed by atoms with Crippen molar-refractivity contribution >= 4 is 17.0 Å². The number of fused-ring (bicyclic) bond motifs is 1. The van der Waals surface area contributed by atoms with Gasteiger partial charge >= 0.3 is 12.1 Å². The van der Waals surface area contributed by atoms with Crippen LogP contribution in [0.3, 0.4) is 0 Å². The average Bonchev–Trinajstić information content (AvgIpc) is 2.35. The van der Waals surface area contributed by atoms with Gasteiger partial charge in [0.1, 0.15) is 5.69 Å². The molecule has 0 spiro atoms. The summed E-state index contributed by atoms with van der Waals surface area (Å²) in [7, 11) is 0. The molecule has 0 aromatic carbocycles. The number of hydrogen-bond donors (Lipinski definition) is 0. The van der Waals surface area contributed by atoms with E-state index >= 15 is 0 Å². The molecule has 5 nitrogen and oxygen atoms in total. The van der Waals surface area contributed by atoms with Gasteiger partial charge in [-0.25, -0.2) is 4.98 Å². The van der Waals surface area contributed by atoms with Crippen molar-refractivity contribution in [1.82, 2.24) is 9.55 Å². The Labute approximate surface area is 110 Å². The van der Waals surface area contributed by atoms with Gasteiger partial charge in [0.15, 0.2) is 6.73 Å². The summed E-state index contributed by atoms with van der Waals surface area (Å²) in [4.78, 5) is 25.8. The number of pyridine rings is 2. The third-order valence-corrected chi connectivity index (χ3v) is 2.53. The van der Waals surface area contributed by atoms with Gasteiger partial charge in [0, 0.05) is 13.0 Å². The van der Waals surface area contributed by atoms with Gasteiger partial charge in [0.2, 0.25) is 0 Å². The fourth-order valence-electron chi connectivity index (χ4n) is 1.62. The summed E-state index contributed by atoms with van der Waals surface area (Å²) in [5.74, 6) is -0.603. The Kier molecular flexibility index (Phi) is 3.47. The lowest BCUT2D eigenvalue weighted by atomic mass is 10.2. The van der Waals surface area contributed by atoms with E-state index in [0.29, 0.717) is 0 Å². The number of nitrogens with zero attached hydrogens (tertiary/aromatic N) is 2. The van der Waals surface area contributed by atoms with Gasteiger partial charge in [-0.2, -0.15) is 13.2 Å². The van der Waals surface area contributed by atoms with Crippen molar-refractivity contribution in [2.45, 2.75) is 19.8 Å². The molecule has 2 aromatic rings. The zero-order valence-electron chi connectivity index (χ0n) is 10.3. The second kappa shape index (κ2) is 4.95. The summed E-state index contributed by atoms with van der Waals surface area (Å²) in [6.45, 7) is 0.786. The van der Waals surface area contributed by atoms with Crippen molar-refractivity contribution < 1.29 is 22.7 Å². The standard InChI is InChI=1S/C12H9F3N2O3/c1-7(18)20-6-17-9-3-4-10(12(13,14)15)16-8(9)2-5-11(17)19/h2-5H,6H2,1H3. The van der Waals surface area contributed by atoms with E-state index in [1.165, 1.54) is 6.07 Å². The summed E-state index contributed by atoms with van der Waals surface area (Å²) < 4.78 is 43.4. The van der Waals surface area contributed by atoms with Crippen LogP contribution in [0.2, 0.25) is 0 Å². The largest absolute Gasteiger partial charge is 0.444 e. The van der Waals surface area contributed by atoms with Crippen LogP contribution < -0.4 is 5.56 Å². The summed E-state index contributed by atoms with van der Waals surface area (Å²) >= 11 is 0. The predicted octanol–water partition coefficient (Wildman–Crippen LogP) is 1.94. The first kappa shape index (κ1) is 14.0. The second-order valence-electron chi connectivity index (χ2n) is 3.96. The van der Waals surface area contributed by atoms with E-state index < -0.39 is 23.4 Å². The minimum atomic E-state index is -4.56. The van der Waals surface area contributed by atoms with Crippen molar-refractivity contribution in [2.24, 2.45) is 0 Å². The highest BCUT2D eigenvalue weighted by Crippen LogP contribution is 2.28. The predicted molar refractivity (Wildman–Crippen MR) is 62.8 cm³/mol. The highest BCUT2D eigenvalue weighted by atomic mass is 19.4. The van der Waals surface area contributed by atoms with Crippen LogP contribution in [0.4, 0.5) is 13.2 Å². The van der Waals surface area contributed by atoms with Crippen LogP contribution in [0, 0.1) is 0 Å². The maximum absolute atomic E-state index is 12.5. The first-order valence-corrected chi connectivity index (χ1v) is 5.50. The zero-order chi connectivity index (χ0) is 14.9. The third-order valence-electron chi connectivity index (χ3n) is 2.53. The second-order valence-corrected chi connectivity index (χ2v) is 3.96. The van der Waals surface area contributed by atoms with Crippen molar-refractivity contribution in [3.63, 3.8) is 0 Å². The van der Waals surface area contributed by atoms with Gasteiger partial charge < -0.3 is 4.74 Å². The Balaban J connectivity index is 2.55. The zero-order valence-corrected chi connectivity index (χ0v) is 10.3. The molecule has 106 valence electrons.